The SMILES string of the molecule is Cc1ccc(C(=O)C#C/C(F)=C(\F)c2ccc(C)cc2F)cc1. The van der Waals surface area contributed by atoms with Gasteiger partial charge in [-0.05, 0) is 43.4 Å². The van der Waals surface area contributed by atoms with Crippen LogP contribution in [0, 0.1) is 31.5 Å². The summed E-state index contributed by atoms with van der Waals surface area (Å²) in [6.45, 7) is 3.48. The molecule has 0 amide bonds. The van der Waals surface area contributed by atoms with Crippen molar-refractivity contribution in [2.45, 2.75) is 13.8 Å². The fourth-order valence-electron chi connectivity index (χ4n) is 1.86. The number of aryl methyl sites for hydroxylation is 2. The van der Waals surface area contributed by atoms with Crippen LogP contribution in [-0.4, -0.2) is 5.78 Å². The molecule has 0 bridgehead atoms. The molecule has 0 saturated carbocycles. The summed E-state index contributed by atoms with van der Waals surface area (Å²) in [4.78, 5) is 11.8. The molecule has 23 heavy (non-hydrogen) atoms. The van der Waals surface area contributed by atoms with E-state index in [1.807, 2.05) is 18.8 Å². The van der Waals surface area contributed by atoms with Crippen LogP contribution >= 0.6 is 0 Å². The monoisotopic (exact) mass is 314 g/mol. The minimum Gasteiger partial charge on any atom is -0.279 e. The summed E-state index contributed by atoms with van der Waals surface area (Å²) >= 11 is 0. The highest BCUT2D eigenvalue weighted by molar-refractivity contribution is 6.09. The van der Waals surface area contributed by atoms with Crippen molar-refractivity contribution in [2.75, 3.05) is 0 Å². The number of carbonyl (C=O) groups is 1. The van der Waals surface area contributed by atoms with Gasteiger partial charge in [0.25, 0.3) is 0 Å². The fourth-order valence-corrected chi connectivity index (χ4v) is 1.86. The molecule has 0 aromatic heterocycles. The third-order valence-corrected chi connectivity index (χ3v) is 3.15. The Hall–Kier alpha value is -2.80. The number of Topliss-reactive ketones (excluding diaryl/α,β-unsaturated/α-hetero) is 1. The molecule has 2 aromatic carbocycles. The van der Waals surface area contributed by atoms with E-state index in [0.717, 1.165) is 17.7 Å². The van der Waals surface area contributed by atoms with Gasteiger partial charge in [0.05, 0.1) is 0 Å². The van der Waals surface area contributed by atoms with E-state index in [0.29, 0.717) is 5.56 Å². The molecule has 0 radical (unpaired) electrons. The zero-order valence-corrected chi connectivity index (χ0v) is 12.6. The smallest absolute Gasteiger partial charge is 0.236 e. The van der Waals surface area contributed by atoms with Gasteiger partial charge in [0.15, 0.2) is 5.83 Å². The molecule has 0 spiro atoms. The van der Waals surface area contributed by atoms with E-state index in [1.54, 1.807) is 31.2 Å². The quantitative estimate of drug-likeness (QED) is 0.436. The highest BCUT2D eigenvalue weighted by Gasteiger charge is 2.12. The summed E-state index contributed by atoms with van der Waals surface area (Å²) in [5.74, 6) is -0.606. The highest BCUT2D eigenvalue weighted by atomic mass is 19.2. The third kappa shape index (κ3) is 4.10. The van der Waals surface area contributed by atoms with Crippen molar-refractivity contribution in [2.24, 2.45) is 0 Å². The average molecular weight is 314 g/mol. The van der Waals surface area contributed by atoms with E-state index in [4.69, 9.17) is 0 Å². The van der Waals surface area contributed by atoms with Crippen LogP contribution in [0.25, 0.3) is 5.83 Å². The van der Waals surface area contributed by atoms with Gasteiger partial charge in [0.2, 0.25) is 11.6 Å². The Labute approximate surface area is 132 Å². The second-order valence-corrected chi connectivity index (χ2v) is 5.06. The Morgan fingerprint density at radius 1 is 0.913 bits per heavy atom. The number of hydrogen-bond donors (Lipinski definition) is 0. The molecule has 0 N–H and O–H groups in total. The molecular weight excluding hydrogens is 301 g/mol. The lowest BCUT2D eigenvalue weighted by Gasteiger charge is -2.01. The first-order chi connectivity index (χ1) is 10.9. The number of allylic oxidation sites excluding steroid dienone is 1. The van der Waals surface area contributed by atoms with Crippen molar-refractivity contribution in [1.29, 1.82) is 0 Å². The van der Waals surface area contributed by atoms with Crippen LogP contribution in [0.3, 0.4) is 0 Å². The molecule has 2 aromatic rings. The van der Waals surface area contributed by atoms with Crippen LogP contribution in [-0.2, 0) is 0 Å². The molecule has 0 saturated heterocycles. The van der Waals surface area contributed by atoms with Gasteiger partial charge < -0.3 is 0 Å². The van der Waals surface area contributed by atoms with Gasteiger partial charge in [-0.3, -0.25) is 4.79 Å². The summed E-state index contributed by atoms with van der Waals surface area (Å²) in [5.41, 5.74) is 1.30. The van der Waals surface area contributed by atoms with Gasteiger partial charge in [0.1, 0.15) is 5.82 Å². The summed E-state index contributed by atoms with van der Waals surface area (Å²) in [6, 6.07) is 10.2. The first-order valence-electron chi connectivity index (χ1n) is 6.83. The Morgan fingerprint density at radius 3 is 2.13 bits per heavy atom. The summed E-state index contributed by atoms with van der Waals surface area (Å²) in [7, 11) is 0. The van der Waals surface area contributed by atoms with Gasteiger partial charge in [-0.1, -0.05) is 35.9 Å². The first kappa shape index (κ1) is 16.6. The molecule has 0 fully saturated rings. The minimum atomic E-state index is -1.48. The van der Waals surface area contributed by atoms with Crippen LogP contribution in [0.2, 0.25) is 0 Å². The van der Waals surface area contributed by atoms with Crippen LogP contribution in [0.4, 0.5) is 13.2 Å². The summed E-state index contributed by atoms with van der Waals surface area (Å²) in [6.07, 6.45) is 0. The largest absolute Gasteiger partial charge is 0.279 e. The maximum atomic E-state index is 13.9. The molecule has 0 aliphatic carbocycles. The van der Waals surface area contributed by atoms with Gasteiger partial charge in [0, 0.05) is 11.1 Å². The minimum absolute atomic E-state index is 0.276. The van der Waals surface area contributed by atoms with Crippen molar-refractivity contribution in [3.8, 4) is 11.8 Å². The lowest BCUT2D eigenvalue weighted by Crippen LogP contribution is -1.95. The maximum absolute atomic E-state index is 13.9. The van der Waals surface area contributed by atoms with Gasteiger partial charge >= 0.3 is 0 Å². The molecule has 0 atom stereocenters. The third-order valence-electron chi connectivity index (χ3n) is 3.15. The van der Waals surface area contributed by atoms with Crippen molar-refractivity contribution >= 4 is 11.6 Å². The Balaban J connectivity index is 2.28. The van der Waals surface area contributed by atoms with E-state index in [9.17, 15) is 18.0 Å². The maximum Gasteiger partial charge on any atom is 0.236 e. The van der Waals surface area contributed by atoms with Crippen LogP contribution in [0.1, 0.15) is 27.0 Å². The second-order valence-electron chi connectivity index (χ2n) is 5.06. The summed E-state index contributed by atoms with van der Waals surface area (Å²) in [5, 5.41) is 0. The number of benzene rings is 2. The van der Waals surface area contributed by atoms with E-state index in [2.05, 4.69) is 0 Å². The van der Waals surface area contributed by atoms with Gasteiger partial charge in [-0.2, -0.15) is 4.39 Å². The number of hydrogen-bond acceptors (Lipinski definition) is 1. The predicted octanol–water partition coefficient (Wildman–Crippen LogP) is 4.94. The molecule has 1 nitrogen and oxygen atoms in total. The van der Waals surface area contributed by atoms with E-state index in [-0.39, 0.29) is 5.56 Å². The molecule has 0 aliphatic heterocycles. The second kappa shape index (κ2) is 6.97. The van der Waals surface area contributed by atoms with E-state index < -0.39 is 28.8 Å². The van der Waals surface area contributed by atoms with Crippen molar-refractivity contribution in [3.63, 3.8) is 0 Å². The molecule has 4 heteroatoms. The van der Waals surface area contributed by atoms with E-state index >= 15 is 0 Å². The Kier molecular flexibility index (Phi) is 5.02. The lowest BCUT2D eigenvalue weighted by atomic mass is 10.1. The highest BCUT2D eigenvalue weighted by Crippen LogP contribution is 2.24. The van der Waals surface area contributed by atoms with E-state index in [1.165, 1.54) is 6.07 Å². The lowest BCUT2D eigenvalue weighted by molar-refractivity contribution is 0.105. The van der Waals surface area contributed by atoms with Crippen molar-refractivity contribution in [1.82, 2.24) is 0 Å². The molecule has 0 unspecified atom stereocenters. The molecule has 2 rings (SSSR count). The molecule has 0 aliphatic rings. The zero-order valence-electron chi connectivity index (χ0n) is 12.6. The number of carbonyl (C=O) groups excluding carboxylic acids is 1. The van der Waals surface area contributed by atoms with Crippen LogP contribution in [0.5, 0.6) is 0 Å². The topological polar surface area (TPSA) is 17.1 Å². The summed E-state index contributed by atoms with van der Waals surface area (Å²) < 4.78 is 41.2. The molecular formula is C19H13F3O. The first-order valence-corrected chi connectivity index (χ1v) is 6.83. The van der Waals surface area contributed by atoms with Gasteiger partial charge in [-0.15, -0.1) is 0 Å². The van der Waals surface area contributed by atoms with Crippen LogP contribution < -0.4 is 0 Å². The zero-order chi connectivity index (χ0) is 17.0. The Bertz CT molecular complexity index is 837. The van der Waals surface area contributed by atoms with Gasteiger partial charge in [-0.25, -0.2) is 8.78 Å². The van der Waals surface area contributed by atoms with Crippen LogP contribution in [0.15, 0.2) is 48.3 Å². The molecule has 116 valence electrons. The predicted molar refractivity (Wildman–Crippen MR) is 83.6 cm³/mol. The average Bonchev–Trinajstić information content (AvgIpc) is 2.52. The number of halogens is 3. The standard InChI is InChI=1S/C19H13F3O/c1-12-3-6-14(7-4-12)18(23)10-9-16(20)19(22)15-8-5-13(2)11-17(15)21/h3-8,11H,1-2H3/b19-16+. The number of rotatable bonds is 2. The van der Waals surface area contributed by atoms with Crippen molar-refractivity contribution in [3.05, 3.63) is 76.4 Å². The fraction of sp³-hybridized carbons (Fsp3) is 0.105. The number of ketones is 1. The molecule has 0 heterocycles. The normalized spacial score (nSPS) is 11.3. The van der Waals surface area contributed by atoms with Crippen molar-refractivity contribution < 1.29 is 18.0 Å². The Morgan fingerprint density at radius 2 is 1.52 bits per heavy atom.